The van der Waals surface area contributed by atoms with Crippen molar-refractivity contribution >= 4 is 16.9 Å². The summed E-state index contributed by atoms with van der Waals surface area (Å²) in [5.74, 6) is 1.12. The molecule has 2 aromatic carbocycles. The van der Waals surface area contributed by atoms with Crippen molar-refractivity contribution in [2.45, 2.75) is 26.7 Å². The minimum atomic E-state index is 0.187. The van der Waals surface area contributed by atoms with Gasteiger partial charge in [-0.25, -0.2) is 4.98 Å². The van der Waals surface area contributed by atoms with Crippen molar-refractivity contribution in [1.29, 1.82) is 0 Å². The lowest BCUT2D eigenvalue weighted by Crippen LogP contribution is -2.30. The predicted molar refractivity (Wildman–Crippen MR) is 97.3 cm³/mol. The van der Waals surface area contributed by atoms with Crippen LogP contribution >= 0.6 is 0 Å². The Hall–Kier alpha value is -2.62. The van der Waals surface area contributed by atoms with Crippen LogP contribution in [0, 0.1) is 0 Å². The molecule has 0 aliphatic heterocycles. The number of benzene rings is 2. The smallest absolute Gasteiger partial charge is 0.222 e. The maximum absolute atomic E-state index is 12.3. The lowest BCUT2D eigenvalue weighted by Gasteiger charge is -2.18. The molecule has 0 aliphatic rings. The van der Waals surface area contributed by atoms with Crippen LogP contribution in [0.2, 0.25) is 0 Å². The molecule has 0 saturated heterocycles. The monoisotopic (exact) mass is 321 g/mol. The van der Waals surface area contributed by atoms with Crippen LogP contribution in [0.1, 0.15) is 26.1 Å². The van der Waals surface area contributed by atoms with Gasteiger partial charge in [0.05, 0.1) is 11.0 Å². The fraction of sp³-hybridized carbons (Fsp3) is 0.300. The highest BCUT2D eigenvalue weighted by molar-refractivity contribution is 5.79. The highest BCUT2D eigenvalue weighted by atomic mass is 16.2. The Labute approximate surface area is 142 Å². The van der Waals surface area contributed by atoms with Gasteiger partial charge in [0, 0.05) is 31.6 Å². The first-order valence-corrected chi connectivity index (χ1v) is 8.54. The quantitative estimate of drug-likeness (QED) is 0.692. The van der Waals surface area contributed by atoms with E-state index in [4.69, 9.17) is 4.98 Å². The first-order chi connectivity index (χ1) is 11.7. The van der Waals surface area contributed by atoms with E-state index in [2.05, 4.69) is 22.8 Å². The number of fused-ring (bicyclic) bond motifs is 1. The van der Waals surface area contributed by atoms with Crippen molar-refractivity contribution in [3.05, 3.63) is 60.4 Å². The Morgan fingerprint density at radius 1 is 1.00 bits per heavy atom. The molecule has 4 nitrogen and oxygen atoms in total. The van der Waals surface area contributed by atoms with Gasteiger partial charge < -0.3 is 4.90 Å². The Morgan fingerprint density at radius 3 is 2.38 bits per heavy atom. The van der Waals surface area contributed by atoms with E-state index in [0.717, 1.165) is 35.6 Å². The van der Waals surface area contributed by atoms with E-state index < -0.39 is 0 Å². The normalized spacial score (nSPS) is 10.9. The molecule has 4 heteroatoms. The van der Waals surface area contributed by atoms with Crippen molar-refractivity contribution < 1.29 is 4.79 Å². The van der Waals surface area contributed by atoms with Gasteiger partial charge in [0.25, 0.3) is 0 Å². The molecule has 0 radical (unpaired) electrons. The molecule has 0 aliphatic carbocycles. The van der Waals surface area contributed by atoms with Crippen molar-refractivity contribution in [3.8, 4) is 5.69 Å². The van der Waals surface area contributed by atoms with E-state index in [1.54, 1.807) is 0 Å². The van der Waals surface area contributed by atoms with E-state index in [-0.39, 0.29) is 5.91 Å². The highest BCUT2D eigenvalue weighted by Crippen LogP contribution is 2.22. The molecule has 0 atom stereocenters. The van der Waals surface area contributed by atoms with Crippen molar-refractivity contribution in [1.82, 2.24) is 14.5 Å². The molecule has 1 aromatic heterocycles. The molecule has 1 heterocycles. The average Bonchev–Trinajstić information content (AvgIpc) is 3.00. The second-order valence-corrected chi connectivity index (χ2v) is 5.75. The summed E-state index contributed by atoms with van der Waals surface area (Å²) >= 11 is 0. The van der Waals surface area contributed by atoms with Crippen LogP contribution in [0.15, 0.2) is 54.6 Å². The standard InChI is InChI=1S/C20H23N3O/c1-3-22(4-2)20(24)15-14-19-21-17-12-8-9-13-18(17)23(19)16-10-6-5-7-11-16/h5-13H,3-4,14-15H2,1-2H3. The Bertz CT molecular complexity index is 819. The summed E-state index contributed by atoms with van der Waals surface area (Å²) in [5, 5.41) is 0. The highest BCUT2D eigenvalue weighted by Gasteiger charge is 2.15. The van der Waals surface area contributed by atoms with Gasteiger partial charge in [-0.3, -0.25) is 9.36 Å². The second kappa shape index (κ2) is 7.30. The summed E-state index contributed by atoms with van der Waals surface area (Å²) in [7, 11) is 0. The third-order valence-electron chi connectivity index (χ3n) is 4.32. The molecule has 3 rings (SSSR count). The molecule has 0 fully saturated rings. The average molecular weight is 321 g/mol. The number of aromatic nitrogens is 2. The third-order valence-corrected chi connectivity index (χ3v) is 4.32. The number of hydrogen-bond acceptors (Lipinski definition) is 2. The summed E-state index contributed by atoms with van der Waals surface area (Å²) in [5.41, 5.74) is 3.12. The summed E-state index contributed by atoms with van der Waals surface area (Å²) in [4.78, 5) is 19.0. The SMILES string of the molecule is CCN(CC)C(=O)CCc1nc2ccccc2n1-c1ccccc1. The van der Waals surface area contributed by atoms with Crippen molar-refractivity contribution in [3.63, 3.8) is 0 Å². The van der Waals surface area contributed by atoms with E-state index >= 15 is 0 Å². The zero-order valence-electron chi connectivity index (χ0n) is 14.3. The molecule has 0 saturated carbocycles. The summed E-state index contributed by atoms with van der Waals surface area (Å²) in [6.45, 7) is 5.54. The molecule has 0 spiro atoms. The van der Waals surface area contributed by atoms with Crippen LogP contribution < -0.4 is 0 Å². The molecule has 124 valence electrons. The zero-order valence-corrected chi connectivity index (χ0v) is 14.3. The molecule has 3 aromatic rings. The number of imidazole rings is 1. The number of carbonyl (C=O) groups excluding carboxylic acids is 1. The number of carbonyl (C=O) groups is 1. The van der Waals surface area contributed by atoms with Crippen LogP contribution in [-0.4, -0.2) is 33.4 Å². The number of aryl methyl sites for hydroxylation is 1. The third kappa shape index (κ3) is 3.18. The van der Waals surface area contributed by atoms with Gasteiger partial charge in [-0.2, -0.15) is 0 Å². The fourth-order valence-corrected chi connectivity index (χ4v) is 3.06. The molecule has 24 heavy (non-hydrogen) atoms. The molecule has 0 unspecified atom stereocenters. The maximum Gasteiger partial charge on any atom is 0.222 e. The molecular formula is C20H23N3O. The van der Waals surface area contributed by atoms with E-state index in [9.17, 15) is 4.79 Å². The van der Waals surface area contributed by atoms with E-state index in [1.807, 2.05) is 55.1 Å². The number of nitrogens with zero attached hydrogens (tertiary/aromatic N) is 3. The first-order valence-electron chi connectivity index (χ1n) is 8.54. The van der Waals surface area contributed by atoms with Crippen LogP contribution in [0.5, 0.6) is 0 Å². The lowest BCUT2D eigenvalue weighted by molar-refractivity contribution is -0.130. The van der Waals surface area contributed by atoms with Crippen LogP contribution in [0.4, 0.5) is 0 Å². The summed E-state index contributed by atoms with van der Waals surface area (Å²) in [6.07, 6.45) is 1.12. The number of hydrogen-bond donors (Lipinski definition) is 0. The number of rotatable bonds is 6. The van der Waals surface area contributed by atoms with Crippen LogP contribution in [0.3, 0.4) is 0 Å². The van der Waals surface area contributed by atoms with Crippen molar-refractivity contribution in [2.75, 3.05) is 13.1 Å². The minimum Gasteiger partial charge on any atom is -0.343 e. The van der Waals surface area contributed by atoms with Gasteiger partial charge in [0.2, 0.25) is 5.91 Å². The minimum absolute atomic E-state index is 0.187. The fourth-order valence-electron chi connectivity index (χ4n) is 3.06. The van der Waals surface area contributed by atoms with E-state index in [0.29, 0.717) is 12.8 Å². The Balaban J connectivity index is 1.94. The topological polar surface area (TPSA) is 38.1 Å². The second-order valence-electron chi connectivity index (χ2n) is 5.75. The van der Waals surface area contributed by atoms with Gasteiger partial charge >= 0.3 is 0 Å². The lowest BCUT2D eigenvalue weighted by atomic mass is 10.2. The van der Waals surface area contributed by atoms with Crippen molar-refractivity contribution in [2.24, 2.45) is 0 Å². The summed E-state index contributed by atoms with van der Waals surface area (Å²) in [6, 6.07) is 18.3. The maximum atomic E-state index is 12.3. The number of para-hydroxylation sites is 3. The van der Waals surface area contributed by atoms with Crippen LogP contribution in [0.25, 0.3) is 16.7 Å². The van der Waals surface area contributed by atoms with Gasteiger partial charge in [-0.15, -0.1) is 0 Å². The zero-order chi connectivity index (χ0) is 16.9. The largest absolute Gasteiger partial charge is 0.343 e. The predicted octanol–water partition coefficient (Wildman–Crippen LogP) is 3.83. The van der Waals surface area contributed by atoms with Gasteiger partial charge in [0.15, 0.2) is 0 Å². The van der Waals surface area contributed by atoms with E-state index in [1.165, 1.54) is 0 Å². The summed E-state index contributed by atoms with van der Waals surface area (Å²) < 4.78 is 2.16. The van der Waals surface area contributed by atoms with Gasteiger partial charge in [-0.05, 0) is 38.1 Å². The van der Waals surface area contributed by atoms with Crippen LogP contribution in [-0.2, 0) is 11.2 Å². The number of amides is 1. The molecule has 1 amide bonds. The Kier molecular flexibility index (Phi) is 4.94. The van der Waals surface area contributed by atoms with Gasteiger partial charge in [0.1, 0.15) is 5.82 Å². The molecule has 0 N–H and O–H groups in total. The Morgan fingerprint density at radius 2 is 1.67 bits per heavy atom. The molecular weight excluding hydrogens is 298 g/mol. The molecule has 0 bridgehead atoms. The van der Waals surface area contributed by atoms with Gasteiger partial charge in [-0.1, -0.05) is 30.3 Å². The first kappa shape index (κ1) is 16.2.